The zero-order valence-corrected chi connectivity index (χ0v) is 13.1. The van der Waals surface area contributed by atoms with Crippen molar-refractivity contribution >= 4 is 34.9 Å². The lowest BCUT2D eigenvalue weighted by molar-refractivity contribution is -0.114. The number of rotatable bonds is 4. The molecule has 0 bridgehead atoms. The Bertz CT molecular complexity index is 544. The number of hydrogen-bond donors (Lipinski definition) is 4. The molecule has 2 rings (SSSR count). The summed E-state index contributed by atoms with van der Waals surface area (Å²) < 4.78 is 0. The normalized spacial score (nSPS) is 15.2. The van der Waals surface area contributed by atoms with E-state index in [1.54, 1.807) is 18.2 Å². The minimum absolute atomic E-state index is 0.139. The first-order valence-electron chi connectivity index (χ1n) is 7.45. The lowest BCUT2D eigenvalue weighted by Crippen LogP contribution is -2.39. The molecule has 1 aromatic carbocycles. The Hall–Kier alpha value is -1.79. The highest BCUT2D eigenvalue weighted by Crippen LogP contribution is 2.26. The lowest BCUT2D eigenvalue weighted by atomic mass is 9.96. The van der Waals surface area contributed by atoms with Crippen molar-refractivity contribution in [2.75, 3.05) is 17.2 Å². The van der Waals surface area contributed by atoms with Crippen LogP contribution in [0.1, 0.15) is 32.1 Å². The van der Waals surface area contributed by atoms with E-state index < -0.39 is 0 Å². The molecule has 5 N–H and O–H groups in total. The number of halogens is 1. The van der Waals surface area contributed by atoms with Gasteiger partial charge in [-0.05, 0) is 31.0 Å². The first-order valence-corrected chi connectivity index (χ1v) is 7.83. The van der Waals surface area contributed by atoms with Crippen LogP contribution in [-0.2, 0) is 4.79 Å². The number of amides is 3. The lowest BCUT2D eigenvalue weighted by Gasteiger charge is -2.23. The fourth-order valence-electron chi connectivity index (χ4n) is 2.52. The van der Waals surface area contributed by atoms with Crippen LogP contribution in [0.15, 0.2) is 18.2 Å². The van der Waals surface area contributed by atoms with Gasteiger partial charge in [-0.2, -0.15) is 0 Å². The van der Waals surface area contributed by atoms with Gasteiger partial charge in [0.2, 0.25) is 5.91 Å². The molecule has 0 radical (unpaired) electrons. The van der Waals surface area contributed by atoms with Gasteiger partial charge in [0, 0.05) is 11.1 Å². The number of urea groups is 1. The maximum Gasteiger partial charge on any atom is 0.319 e. The van der Waals surface area contributed by atoms with Gasteiger partial charge in [0.25, 0.3) is 0 Å². The fraction of sp³-hybridized carbons (Fsp3) is 0.467. The molecule has 120 valence electrons. The highest BCUT2D eigenvalue weighted by molar-refractivity contribution is 6.31. The summed E-state index contributed by atoms with van der Waals surface area (Å²) in [4.78, 5) is 23.5. The molecule has 1 saturated carbocycles. The van der Waals surface area contributed by atoms with E-state index in [2.05, 4.69) is 16.0 Å². The molecule has 7 heteroatoms. The predicted molar refractivity (Wildman–Crippen MR) is 88.2 cm³/mol. The summed E-state index contributed by atoms with van der Waals surface area (Å²) in [6.45, 7) is -0.139. The van der Waals surface area contributed by atoms with E-state index >= 15 is 0 Å². The summed E-state index contributed by atoms with van der Waals surface area (Å²) in [5.41, 5.74) is 6.21. The molecule has 6 nitrogen and oxygen atoms in total. The van der Waals surface area contributed by atoms with Crippen molar-refractivity contribution in [2.24, 2.45) is 5.73 Å². The van der Waals surface area contributed by atoms with Crippen LogP contribution < -0.4 is 21.7 Å². The van der Waals surface area contributed by atoms with E-state index in [-0.39, 0.29) is 24.5 Å². The van der Waals surface area contributed by atoms with E-state index in [9.17, 15) is 9.59 Å². The van der Waals surface area contributed by atoms with Crippen molar-refractivity contribution in [3.05, 3.63) is 23.2 Å². The molecule has 1 aromatic rings. The summed E-state index contributed by atoms with van der Waals surface area (Å²) >= 11 is 5.92. The molecule has 0 unspecified atom stereocenters. The molecule has 0 aromatic heterocycles. The fourth-order valence-corrected chi connectivity index (χ4v) is 2.69. The smallest absolute Gasteiger partial charge is 0.319 e. The highest BCUT2D eigenvalue weighted by atomic mass is 35.5. The number of carbonyl (C=O) groups is 2. The number of carbonyl (C=O) groups excluding carboxylic acids is 2. The quantitative estimate of drug-likeness (QED) is 0.685. The molecule has 0 heterocycles. The first-order chi connectivity index (χ1) is 10.6. The maximum absolute atomic E-state index is 12.1. The van der Waals surface area contributed by atoms with Crippen LogP contribution in [0.25, 0.3) is 0 Å². The average Bonchev–Trinajstić information content (AvgIpc) is 2.51. The van der Waals surface area contributed by atoms with Crippen LogP contribution in [0.2, 0.25) is 5.02 Å². The Morgan fingerprint density at radius 2 is 1.86 bits per heavy atom. The number of anilines is 2. The second-order valence-electron chi connectivity index (χ2n) is 5.38. The Kier molecular flexibility index (Phi) is 6.03. The summed E-state index contributed by atoms with van der Waals surface area (Å²) in [7, 11) is 0. The summed E-state index contributed by atoms with van der Waals surface area (Å²) in [5, 5.41) is 8.79. The zero-order valence-electron chi connectivity index (χ0n) is 12.3. The summed E-state index contributed by atoms with van der Waals surface area (Å²) in [6.07, 6.45) is 5.52. The van der Waals surface area contributed by atoms with Crippen molar-refractivity contribution in [2.45, 2.75) is 38.1 Å². The minimum atomic E-state index is -0.349. The van der Waals surface area contributed by atoms with Gasteiger partial charge in [0.1, 0.15) is 0 Å². The monoisotopic (exact) mass is 324 g/mol. The van der Waals surface area contributed by atoms with Gasteiger partial charge >= 0.3 is 6.03 Å². The van der Waals surface area contributed by atoms with Crippen LogP contribution >= 0.6 is 11.6 Å². The van der Waals surface area contributed by atoms with Crippen LogP contribution in [0.5, 0.6) is 0 Å². The van der Waals surface area contributed by atoms with Crippen molar-refractivity contribution in [1.29, 1.82) is 0 Å². The van der Waals surface area contributed by atoms with Crippen molar-refractivity contribution in [3.8, 4) is 0 Å². The molecule has 1 aliphatic rings. The highest BCUT2D eigenvalue weighted by Gasteiger charge is 2.16. The Morgan fingerprint density at radius 1 is 1.14 bits per heavy atom. The molecular weight excluding hydrogens is 304 g/mol. The van der Waals surface area contributed by atoms with Gasteiger partial charge in [-0.15, -0.1) is 0 Å². The number of benzene rings is 1. The van der Waals surface area contributed by atoms with Gasteiger partial charge in [-0.1, -0.05) is 30.9 Å². The van der Waals surface area contributed by atoms with Gasteiger partial charge in [0.05, 0.1) is 17.9 Å². The Labute approximate surface area is 134 Å². The first kappa shape index (κ1) is 16.6. The second kappa shape index (κ2) is 8.00. The van der Waals surface area contributed by atoms with Crippen molar-refractivity contribution < 1.29 is 9.59 Å². The zero-order chi connectivity index (χ0) is 15.9. The van der Waals surface area contributed by atoms with Crippen molar-refractivity contribution in [3.63, 3.8) is 0 Å². The topological polar surface area (TPSA) is 96.2 Å². The van der Waals surface area contributed by atoms with Crippen LogP contribution in [-0.4, -0.2) is 24.5 Å². The Balaban J connectivity index is 2.01. The van der Waals surface area contributed by atoms with E-state index in [1.807, 2.05) is 0 Å². The van der Waals surface area contributed by atoms with E-state index in [4.69, 9.17) is 17.3 Å². The molecule has 1 fully saturated rings. The van der Waals surface area contributed by atoms with Gasteiger partial charge in [0.15, 0.2) is 0 Å². The molecule has 22 heavy (non-hydrogen) atoms. The SMILES string of the molecule is NCC(=O)Nc1cc(Cl)ccc1NC(=O)NC1CCCCC1. The van der Waals surface area contributed by atoms with Gasteiger partial charge in [-0.3, -0.25) is 4.79 Å². The molecule has 3 amide bonds. The molecule has 0 spiro atoms. The van der Waals surface area contributed by atoms with E-state index in [0.717, 1.165) is 25.7 Å². The minimum Gasteiger partial charge on any atom is -0.335 e. The number of hydrogen-bond acceptors (Lipinski definition) is 3. The molecule has 0 atom stereocenters. The maximum atomic E-state index is 12.1. The third-order valence-corrected chi connectivity index (χ3v) is 3.86. The standard InChI is InChI=1S/C15H21ClN4O2/c16-10-6-7-12(13(8-10)19-14(21)9-17)20-15(22)18-11-4-2-1-3-5-11/h6-8,11H,1-5,9,17H2,(H,19,21)(H2,18,20,22). The van der Waals surface area contributed by atoms with Crippen LogP contribution in [0.4, 0.5) is 16.2 Å². The van der Waals surface area contributed by atoms with Gasteiger partial charge < -0.3 is 21.7 Å². The van der Waals surface area contributed by atoms with Crippen LogP contribution in [0, 0.1) is 0 Å². The Morgan fingerprint density at radius 3 is 2.55 bits per heavy atom. The second-order valence-corrected chi connectivity index (χ2v) is 5.81. The van der Waals surface area contributed by atoms with Crippen molar-refractivity contribution in [1.82, 2.24) is 5.32 Å². The number of nitrogens with two attached hydrogens (primary N) is 1. The average molecular weight is 325 g/mol. The van der Waals surface area contributed by atoms with Crippen LogP contribution in [0.3, 0.4) is 0 Å². The predicted octanol–water partition coefficient (Wildman–Crippen LogP) is 2.69. The largest absolute Gasteiger partial charge is 0.335 e. The van der Waals surface area contributed by atoms with Gasteiger partial charge in [-0.25, -0.2) is 4.79 Å². The third-order valence-electron chi connectivity index (χ3n) is 3.63. The molecular formula is C15H21ClN4O2. The van der Waals surface area contributed by atoms with E-state index in [0.29, 0.717) is 16.4 Å². The molecule has 1 aliphatic carbocycles. The molecule has 0 aliphatic heterocycles. The summed E-state index contributed by atoms with van der Waals surface area (Å²) in [6, 6.07) is 4.80. The summed E-state index contributed by atoms with van der Waals surface area (Å²) in [5.74, 6) is -0.349. The molecule has 0 saturated heterocycles. The third kappa shape index (κ3) is 4.89. The number of nitrogens with one attached hydrogen (secondary N) is 3. The van der Waals surface area contributed by atoms with E-state index in [1.165, 1.54) is 6.42 Å².